The van der Waals surface area contributed by atoms with Gasteiger partial charge in [-0.05, 0) is 53.6 Å². The van der Waals surface area contributed by atoms with Gasteiger partial charge in [-0.15, -0.1) is 0 Å². The molecule has 0 atom stereocenters. The topological polar surface area (TPSA) is 18.1 Å². The highest BCUT2D eigenvalue weighted by Crippen LogP contribution is 2.40. The number of hydrogen-bond donors (Lipinski definition) is 0. The molecule has 0 radical (unpaired) electrons. The largest absolute Gasteiger partial charge is 0.455 e. The summed E-state index contributed by atoms with van der Waals surface area (Å²) in [4.78, 5) is 0. The van der Waals surface area contributed by atoms with Gasteiger partial charge < -0.3 is 8.98 Å². The van der Waals surface area contributed by atoms with Crippen LogP contribution in [0.15, 0.2) is 138 Å². The minimum atomic E-state index is 0.709. The van der Waals surface area contributed by atoms with Crippen LogP contribution in [0, 0.1) is 0 Å². The molecule has 0 aliphatic rings. The van der Waals surface area contributed by atoms with E-state index in [9.17, 15) is 0 Å². The normalized spacial score (nSPS) is 11.7. The maximum Gasteiger partial charge on any atom is 0.143 e. The number of hydrogen-bond acceptors (Lipinski definition) is 1. The van der Waals surface area contributed by atoms with Crippen molar-refractivity contribution in [3.8, 4) is 27.9 Å². The number of nitrogens with zero attached hydrogens (tertiary/aromatic N) is 1. The van der Waals surface area contributed by atoms with Crippen LogP contribution in [0.5, 0.6) is 0 Å². The lowest BCUT2D eigenvalue weighted by atomic mass is 10.00. The van der Waals surface area contributed by atoms with Gasteiger partial charge in [-0.2, -0.15) is 0 Å². The summed E-state index contributed by atoms with van der Waals surface area (Å²) >= 11 is 6.31. The van der Waals surface area contributed by atoms with Crippen molar-refractivity contribution >= 4 is 55.3 Å². The summed E-state index contributed by atoms with van der Waals surface area (Å²) in [6.07, 6.45) is 0. The Kier molecular flexibility index (Phi) is 4.91. The van der Waals surface area contributed by atoms with Gasteiger partial charge in [0.25, 0.3) is 0 Å². The molecular formula is C36H22ClNO. The Balaban J connectivity index is 1.40. The van der Waals surface area contributed by atoms with Crippen molar-refractivity contribution in [3.63, 3.8) is 0 Å². The summed E-state index contributed by atoms with van der Waals surface area (Å²) in [5, 5.41) is 5.25. The first-order valence-electron chi connectivity index (χ1n) is 13.1. The molecule has 2 aromatic heterocycles. The highest BCUT2D eigenvalue weighted by molar-refractivity contribution is 6.31. The van der Waals surface area contributed by atoms with E-state index in [1.54, 1.807) is 0 Å². The van der Waals surface area contributed by atoms with E-state index in [1.807, 2.05) is 18.2 Å². The van der Waals surface area contributed by atoms with Gasteiger partial charge in [0.1, 0.15) is 11.2 Å². The van der Waals surface area contributed by atoms with E-state index in [0.29, 0.717) is 5.02 Å². The van der Waals surface area contributed by atoms with E-state index < -0.39 is 0 Å². The molecule has 39 heavy (non-hydrogen) atoms. The van der Waals surface area contributed by atoms with E-state index in [2.05, 4.69) is 120 Å². The van der Waals surface area contributed by atoms with Gasteiger partial charge in [0.2, 0.25) is 0 Å². The molecule has 0 bridgehead atoms. The van der Waals surface area contributed by atoms with Crippen LogP contribution in [0.2, 0.25) is 5.02 Å². The van der Waals surface area contributed by atoms with Crippen molar-refractivity contribution < 1.29 is 4.42 Å². The molecule has 0 saturated carbocycles. The fourth-order valence-electron chi connectivity index (χ4n) is 5.93. The maximum atomic E-state index is 6.37. The number of fused-ring (bicyclic) bond motifs is 6. The first-order valence-corrected chi connectivity index (χ1v) is 13.4. The zero-order valence-corrected chi connectivity index (χ0v) is 21.7. The first kappa shape index (κ1) is 22.2. The van der Waals surface area contributed by atoms with E-state index in [1.165, 1.54) is 38.6 Å². The van der Waals surface area contributed by atoms with E-state index in [4.69, 9.17) is 16.0 Å². The third-order valence-electron chi connectivity index (χ3n) is 7.67. The molecule has 0 fully saturated rings. The third kappa shape index (κ3) is 3.42. The van der Waals surface area contributed by atoms with E-state index >= 15 is 0 Å². The van der Waals surface area contributed by atoms with Gasteiger partial charge in [-0.3, -0.25) is 0 Å². The van der Waals surface area contributed by atoms with E-state index in [0.717, 1.165) is 33.1 Å². The predicted molar refractivity (Wildman–Crippen MR) is 164 cm³/mol. The number of aromatic nitrogens is 1. The zero-order chi connectivity index (χ0) is 25.9. The van der Waals surface area contributed by atoms with Crippen LogP contribution >= 0.6 is 11.6 Å². The van der Waals surface area contributed by atoms with Gasteiger partial charge in [-0.25, -0.2) is 0 Å². The molecule has 0 saturated heterocycles. The Morgan fingerprint density at radius 3 is 2.15 bits per heavy atom. The standard InChI is InChI=1S/C36H22ClNO/c37-25-18-20-35-31(22-25)29-14-8-13-27(36(29)39-35)24-17-19-34-30(21-24)28-12-5-7-16-33(28)38(34)32-15-6-4-11-26(32)23-9-2-1-3-10-23/h1-22H. The fraction of sp³-hybridized carbons (Fsp3) is 0. The molecule has 0 aliphatic heterocycles. The Morgan fingerprint density at radius 1 is 0.487 bits per heavy atom. The minimum Gasteiger partial charge on any atom is -0.455 e. The SMILES string of the molecule is Clc1ccc2oc3c(-c4ccc5c(c4)c4ccccc4n5-c4ccccc4-c4ccccc4)cccc3c2c1. The van der Waals surface area contributed by atoms with Crippen LogP contribution in [-0.2, 0) is 0 Å². The third-order valence-corrected chi connectivity index (χ3v) is 7.91. The minimum absolute atomic E-state index is 0.709. The first-order chi connectivity index (χ1) is 19.3. The lowest BCUT2D eigenvalue weighted by Gasteiger charge is -2.14. The van der Waals surface area contributed by atoms with Crippen LogP contribution in [0.25, 0.3) is 71.7 Å². The summed E-state index contributed by atoms with van der Waals surface area (Å²) in [6.45, 7) is 0. The number of para-hydroxylation sites is 3. The summed E-state index contributed by atoms with van der Waals surface area (Å²) in [5.41, 5.74) is 9.85. The predicted octanol–water partition coefficient (Wildman–Crippen LogP) is 10.7. The highest BCUT2D eigenvalue weighted by Gasteiger charge is 2.18. The fourth-order valence-corrected chi connectivity index (χ4v) is 6.10. The van der Waals surface area contributed by atoms with Crippen molar-refractivity contribution in [2.24, 2.45) is 0 Å². The molecule has 2 heterocycles. The van der Waals surface area contributed by atoms with Crippen molar-refractivity contribution in [2.45, 2.75) is 0 Å². The molecule has 3 heteroatoms. The number of halogens is 1. The molecule has 0 spiro atoms. The smallest absolute Gasteiger partial charge is 0.143 e. The second-order valence-corrected chi connectivity index (χ2v) is 10.3. The Hall–Kier alpha value is -4.79. The lowest BCUT2D eigenvalue weighted by molar-refractivity contribution is 0.670. The van der Waals surface area contributed by atoms with Crippen molar-refractivity contribution in [3.05, 3.63) is 138 Å². The van der Waals surface area contributed by atoms with Gasteiger partial charge >= 0.3 is 0 Å². The summed E-state index contributed by atoms with van der Waals surface area (Å²) in [7, 11) is 0. The Bertz CT molecular complexity index is 2190. The Labute approximate surface area is 230 Å². The lowest BCUT2D eigenvalue weighted by Crippen LogP contribution is -1.96. The molecule has 0 unspecified atom stereocenters. The van der Waals surface area contributed by atoms with Crippen LogP contribution in [-0.4, -0.2) is 4.57 Å². The summed E-state index contributed by atoms with van der Waals surface area (Å²) < 4.78 is 8.76. The second-order valence-electron chi connectivity index (χ2n) is 9.89. The van der Waals surface area contributed by atoms with Gasteiger partial charge in [-0.1, -0.05) is 103 Å². The number of benzene rings is 6. The average molecular weight is 520 g/mol. The van der Waals surface area contributed by atoms with Gasteiger partial charge in [0, 0.05) is 37.7 Å². The van der Waals surface area contributed by atoms with Crippen molar-refractivity contribution in [2.75, 3.05) is 0 Å². The van der Waals surface area contributed by atoms with Gasteiger partial charge in [0.15, 0.2) is 0 Å². The Morgan fingerprint density at radius 2 is 1.23 bits per heavy atom. The van der Waals surface area contributed by atoms with E-state index in [-0.39, 0.29) is 0 Å². The average Bonchev–Trinajstić information content (AvgIpc) is 3.52. The summed E-state index contributed by atoms with van der Waals surface area (Å²) in [5.74, 6) is 0. The van der Waals surface area contributed by atoms with Crippen molar-refractivity contribution in [1.29, 1.82) is 0 Å². The van der Waals surface area contributed by atoms with Crippen molar-refractivity contribution in [1.82, 2.24) is 4.57 Å². The number of furan rings is 1. The zero-order valence-electron chi connectivity index (χ0n) is 20.9. The molecule has 2 nitrogen and oxygen atoms in total. The molecule has 8 rings (SSSR count). The molecule has 184 valence electrons. The number of rotatable bonds is 3. The maximum absolute atomic E-state index is 6.37. The molecule has 6 aromatic carbocycles. The summed E-state index contributed by atoms with van der Waals surface area (Å²) in [6, 6.07) is 46.8. The monoisotopic (exact) mass is 519 g/mol. The highest BCUT2D eigenvalue weighted by atomic mass is 35.5. The molecule has 0 N–H and O–H groups in total. The van der Waals surface area contributed by atoms with Crippen LogP contribution in [0.4, 0.5) is 0 Å². The van der Waals surface area contributed by atoms with Gasteiger partial charge in [0.05, 0.1) is 16.7 Å². The van der Waals surface area contributed by atoms with Crippen LogP contribution in [0.3, 0.4) is 0 Å². The quantitative estimate of drug-likeness (QED) is 0.227. The van der Waals surface area contributed by atoms with Crippen LogP contribution in [0.1, 0.15) is 0 Å². The molecule has 0 aliphatic carbocycles. The molecule has 8 aromatic rings. The second kappa shape index (κ2) is 8.62. The molecular weight excluding hydrogens is 498 g/mol. The molecule has 0 amide bonds. The van der Waals surface area contributed by atoms with Crippen LogP contribution < -0.4 is 0 Å².